The minimum absolute atomic E-state index is 0.0800. The number of amides is 4. The third-order valence-corrected chi connectivity index (χ3v) is 2.83. The molecule has 0 aliphatic carbocycles. The molecule has 9 nitrogen and oxygen atoms in total. The van der Waals surface area contributed by atoms with Crippen molar-refractivity contribution in [1.82, 2.24) is 24.9 Å². The standard InChI is InChI=1S/C13H19N5O4/c1-13(2,3)22-11(20)15-18-10(19)8-17(12(18)21)7-6-16-5-4-14-9-16/h4-5,9H,6-8H2,1-3H3,(H,15,20). The van der Waals surface area contributed by atoms with Crippen LogP contribution in [0.4, 0.5) is 9.59 Å². The highest BCUT2D eigenvalue weighted by Gasteiger charge is 2.37. The zero-order chi connectivity index (χ0) is 16.3. The van der Waals surface area contributed by atoms with Crippen LogP contribution in [-0.4, -0.2) is 56.2 Å². The molecule has 2 rings (SSSR count). The number of nitrogens with zero attached hydrogens (tertiary/aromatic N) is 4. The monoisotopic (exact) mass is 309 g/mol. The Balaban J connectivity index is 1.89. The van der Waals surface area contributed by atoms with E-state index in [1.54, 1.807) is 44.1 Å². The lowest BCUT2D eigenvalue weighted by molar-refractivity contribution is -0.127. The summed E-state index contributed by atoms with van der Waals surface area (Å²) in [5.41, 5.74) is 1.46. The van der Waals surface area contributed by atoms with Gasteiger partial charge in [0.25, 0.3) is 5.91 Å². The number of aromatic nitrogens is 2. The Morgan fingerprint density at radius 1 is 1.36 bits per heavy atom. The molecular formula is C13H19N5O4. The molecule has 2 heterocycles. The average Bonchev–Trinajstić information content (AvgIpc) is 2.98. The number of urea groups is 1. The van der Waals surface area contributed by atoms with Crippen molar-refractivity contribution in [2.24, 2.45) is 0 Å². The maximum absolute atomic E-state index is 12.1. The number of imide groups is 1. The van der Waals surface area contributed by atoms with Crippen LogP contribution in [-0.2, 0) is 16.1 Å². The van der Waals surface area contributed by atoms with Crippen LogP contribution in [0, 0.1) is 0 Å². The van der Waals surface area contributed by atoms with E-state index >= 15 is 0 Å². The molecule has 1 aliphatic heterocycles. The lowest BCUT2D eigenvalue weighted by Crippen LogP contribution is -2.48. The Labute approximate surface area is 127 Å². The van der Waals surface area contributed by atoms with Crippen molar-refractivity contribution in [2.75, 3.05) is 13.1 Å². The molecule has 1 aromatic rings. The van der Waals surface area contributed by atoms with Gasteiger partial charge < -0.3 is 14.2 Å². The lowest BCUT2D eigenvalue weighted by atomic mass is 10.2. The van der Waals surface area contributed by atoms with E-state index in [-0.39, 0.29) is 6.54 Å². The van der Waals surface area contributed by atoms with Crippen molar-refractivity contribution in [2.45, 2.75) is 32.9 Å². The SMILES string of the molecule is CC(C)(C)OC(=O)NN1C(=O)CN(CCn2ccnc2)C1=O. The number of hydrogen-bond donors (Lipinski definition) is 1. The predicted molar refractivity (Wildman–Crippen MR) is 75.4 cm³/mol. The molecule has 1 N–H and O–H groups in total. The first-order valence-electron chi connectivity index (χ1n) is 6.83. The van der Waals surface area contributed by atoms with Gasteiger partial charge in [-0.2, -0.15) is 5.01 Å². The van der Waals surface area contributed by atoms with Crippen LogP contribution in [0.5, 0.6) is 0 Å². The van der Waals surface area contributed by atoms with Crippen LogP contribution in [0.1, 0.15) is 20.8 Å². The molecule has 0 atom stereocenters. The largest absolute Gasteiger partial charge is 0.443 e. The molecule has 0 unspecified atom stereocenters. The molecule has 0 bridgehead atoms. The third kappa shape index (κ3) is 3.96. The van der Waals surface area contributed by atoms with E-state index in [0.717, 1.165) is 0 Å². The van der Waals surface area contributed by atoms with Gasteiger partial charge in [0.2, 0.25) is 0 Å². The summed E-state index contributed by atoms with van der Waals surface area (Å²) >= 11 is 0. The minimum atomic E-state index is -0.842. The van der Waals surface area contributed by atoms with E-state index in [2.05, 4.69) is 10.4 Å². The molecular weight excluding hydrogens is 290 g/mol. The Morgan fingerprint density at radius 3 is 2.68 bits per heavy atom. The minimum Gasteiger partial charge on any atom is -0.443 e. The molecule has 1 saturated heterocycles. The predicted octanol–water partition coefficient (Wildman–Crippen LogP) is 0.587. The smallest absolute Gasteiger partial charge is 0.427 e. The second-order valence-corrected chi connectivity index (χ2v) is 5.85. The molecule has 1 fully saturated rings. The Bertz CT molecular complexity index is 563. The van der Waals surface area contributed by atoms with Gasteiger partial charge in [-0.3, -0.25) is 4.79 Å². The Kier molecular flexibility index (Phi) is 4.34. The van der Waals surface area contributed by atoms with Gasteiger partial charge in [0, 0.05) is 25.5 Å². The second-order valence-electron chi connectivity index (χ2n) is 5.85. The number of ether oxygens (including phenoxy) is 1. The molecule has 0 saturated carbocycles. The average molecular weight is 309 g/mol. The Morgan fingerprint density at radius 2 is 2.09 bits per heavy atom. The number of hydrazine groups is 1. The number of carbonyl (C=O) groups is 3. The lowest BCUT2D eigenvalue weighted by Gasteiger charge is -2.22. The van der Waals surface area contributed by atoms with Gasteiger partial charge in [-0.15, -0.1) is 0 Å². The van der Waals surface area contributed by atoms with Crippen molar-refractivity contribution >= 4 is 18.0 Å². The summed E-state index contributed by atoms with van der Waals surface area (Å²) in [6.45, 7) is 5.85. The summed E-state index contributed by atoms with van der Waals surface area (Å²) in [7, 11) is 0. The zero-order valence-electron chi connectivity index (χ0n) is 12.8. The van der Waals surface area contributed by atoms with Crippen LogP contribution in [0.2, 0.25) is 0 Å². The van der Waals surface area contributed by atoms with Crippen LogP contribution in [0.15, 0.2) is 18.7 Å². The highest BCUT2D eigenvalue weighted by atomic mass is 16.6. The molecule has 4 amide bonds. The van der Waals surface area contributed by atoms with Crippen molar-refractivity contribution in [3.05, 3.63) is 18.7 Å². The van der Waals surface area contributed by atoms with E-state index < -0.39 is 23.6 Å². The Hall–Kier alpha value is -2.58. The van der Waals surface area contributed by atoms with Gasteiger partial charge in [0.05, 0.1) is 6.33 Å². The molecule has 120 valence electrons. The van der Waals surface area contributed by atoms with Gasteiger partial charge in [-0.05, 0) is 20.8 Å². The fourth-order valence-corrected chi connectivity index (χ4v) is 1.88. The van der Waals surface area contributed by atoms with Gasteiger partial charge in [0.15, 0.2) is 0 Å². The normalized spacial score (nSPS) is 15.4. The van der Waals surface area contributed by atoms with Gasteiger partial charge in [-0.1, -0.05) is 0 Å². The first kappa shape index (κ1) is 15.8. The third-order valence-electron chi connectivity index (χ3n) is 2.83. The fraction of sp³-hybridized carbons (Fsp3) is 0.538. The van der Waals surface area contributed by atoms with E-state index in [0.29, 0.717) is 18.1 Å². The molecule has 1 aliphatic rings. The number of carbonyl (C=O) groups excluding carboxylic acids is 3. The maximum atomic E-state index is 12.1. The van der Waals surface area contributed by atoms with Crippen LogP contribution in [0.25, 0.3) is 0 Å². The molecule has 22 heavy (non-hydrogen) atoms. The summed E-state index contributed by atoms with van der Waals surface area (Å²) in [6, 6.07) is -0.573. The molecule has 0 spiro atoms. The molecule has 1 aromatic heterocycles. The molecule has 9 heteroatoms. The zero-order valence-corrected chi connectivity index (χ0v) is 12.8. The van der Waals surface area contributed by atoms with Gasteiger partial charge in [0.1, 0.15) is 12.1 Å². The number of nitrogens with one attached hydrogen (secondary N) is 1. The van der Waals surface area contributed by atoms with Crippen LogP contribution in [0.3, 0.4) is 0 Å². The summed E-state index contributed by atoms with van der Waals surface area (Å²) < 4.78 is 6.82. The summed E-state index contributed by atoms with van der Waals surface area (Å²) in [6.07, 6.45) is 4.18. The molecule has 0 radical (unpaired) electrons. The van der Waals surface area contributed by atoms with Crippen molar-refractivity contribution < 1.29 is 19.1 Å². The number of hydrogen-bond acceptors (Lipinski definition) is 5. The summed E-state index contributed by atoms with van der Waals surface area (Å²) in [4.78, 5) is 40.8. The van der Waals surface area contributed by atoms with Gasteiger partial charge >= 0.3 is 12.1 Å². The maximum Gasteiger partial charge on any atom is 0.427 e. The van der Waals surface area contributed by atoms with E-state index in [1.807, 2.05) is 0 Å². The van der Waals surface area contributed by atoms with Crippen LogP contribution >= 0.6 is 0 Å². The quantitative estimate of drug-likeness (QED) is 0.821. The van der Waals surface area contributed by atoms with E-state index in [9.17, 15) is 14.4 Å². The van der Waals surface area contributed by atoms with E-state index in [4.69, 9.17) is 4.74 Å². The highest BCUT2D eigenvalue weighted by molar-refractivity contribution is 6.02. The number of imidazole rings is 1. The van der Waals surface area contributed by atoms with Crippen molar-refractivity contribution in [1.29, 1.82) is 0 Å². The first-order valence-corrected chi connectivity index (χ1v) is 6.83. The fourth-order valence-electron chi connectivity index (χ4n) is 1.88. The topological polar surface area (TPSA) is 96.8 Å². The van der Waals surface area contributed by atoms with Crippen LogP contribution < -0.4 is 5.43 Å². The number of rotatable bonds is 4. The van der Waals surface area contributed by atoms with Crippen molar-refractivity contribution in [3.63, 3.8) is 0 Å². The summed E-state index contributed by atoms with van der Waals surface area (Å²) in [5, 5.41) is 0.683. The first-order chi connectivity index (χ1) is 10.3. The summed E-state index contributed by atoms with van der Waals surface area (Å²) in [5.74, 6) is -0.499. The van der Waals surface area contributed by atoms with Gasteiger partial charge in [-0.25, -0.2) is 20.0 Å². The highest BCUT2D eigenvalue weighted by Crippen LogP contribution is 2.10. The second kappa shape index (κ2) is 6.04. The molecule has 0 aromatic carbocycles. The van der Waals surface area contributed by atoms with E-state index in [1.165, 1.54) is 4.90 Å². The van der Waals surface area contributed by atoms with Crippen molar-refractivity contribution in [3.8, 4) is 0 Å².